The van der Waals surface area contributed by atoms with Gasteiger partial charge in [-0.3, -0.25) is 0 Å². The molecule has 0 aromatic carbocycles. The van der Waals surface area contributed by atoms with Gasteiger partial charge >= 0.3 is 0 Å². The van der Waals surface area contributed by atoms with Crippen LogP contribution in [0.15, 0.2) is 29.9 Å². The summed E-state index contributed by atoms with van der Waals surface area (Å²) >= 11 is 4.79. The largest absolute Gasteiger partial charge is 0.233 e. The fourth-order valence-corrected chi connectivity index (χ4v) is 0.739. The summed E-state index contributed by atoms with van der Waals surface area (Å²) in [7, 11) is 0. The first kappa shape index (κ1) is 6.14. The lowest BCUT2D eigenvalue weighted by atomic mass is 10.1. The highest BCUT2D eigenvalue weighted by Crippen LogP contribution is 2.03. The summed E-state index contributed by atoms with van der Waals surface area (Å²) < 4.78 is 0. The first-order valence-corrected chi connectivity index (χ1v) is 2.89. The molecule has 0 saturated heterocycles. The Bertz CT molecular complexity index is 242. The van der Waals surface area contributed by atoms with Crippen LogP contribution in [0.1, 0.15) is 0 Å². The summed E-state index contributed by atoms with van der Waals surface area (Å²) in [6.07, 6.45) is 6.91. The lowest BCUT2D eigenvalue weighted by Gasteiger charge is -1.95. The topological polar surface area (TPSA) is 17.1 Å². The van der Waals surface area contributed by atoms with Gasteiger partial charge in [0.05, 0.1) is 10.4 Å². The van der Waals surface area contributed by atoms with Crippen molar-refractivity contribution in [1.82, 2.24) is 0 Å². The molecule has 1 aliphatic rings. The van der Waals surface area contributed by atoms with E-state index in [1.54, 1.807) is 30.2 Å². The molecule has 9 heavy (non-hydrogen) atoms. The van der Waals surface area contributed by atoms with Crippen LogP contribution in [-0.4, -0.2) is 10.8 Å². The normalized spacial score (nSPS) is 16.0. The molecule has 0 N–H and O–H groups in total. The molecular weight excluding hydrogens is 132 g/mol. The van der Waals surface area contributed by atoms with E-state index in [9.17, 15) is 4.79 Å². The molecule has 2 heteroatoms. The molecule has 0 spiro atoms. The first-order valence-electron chi connectivity index (χ1n) is 2.49. The highest BCUT2D eigenvalue weighted by molar-refractivity contribution is 7.81. The van der Waals surface area contributed by atoms with E-state index in [1.807, 2.05) is 0 Å². The Hall–Kier alpha value is -0.980. The first-order chi connectivity index (χ1) is 4.34. The van der Waals surface area contributed by atoms with Crippen molar-refractivity contribution in [2.45, 2.75) is 0 Å². The number of hydrogen-bond acceptors (Lipinski definition) is 2. The maximum Gasteiger partial charge on any atom is 0.133 e. The van der Waals surface area contributed by atoms with Gasteiger partial charge in [0, 0.05) is 0 Å². The van der Waals surface area contributed by atoms with Crippen LogP contribution in [0.2, 0.25) is 0 Å². The van der Waals surface area contributed by atoms with E-state index < -0.39 is 0 Å². The number of thiocarbonyl (C=S) groups is 1. The highest BCUT2D eigenvalue weighted by Gasteiger charge is 1.99. The van der Waals surface area contributed by atoms with Gasteiger partial charge < -0.3 is 0 Å². The summed E-state index contributed by atoms with van der Waals surface area (Å²) in [6.45, 7) is 0. The minimum atomic E-state index is 0.465. The minimum absolute atomic E-state index is 0.465. The van der Waals surface area contributed by atoms with E-state index in [1.165, 1.54) is 0 Å². The van der Waals surface area contributed by atoms with E-state index in [4.69, 9.17) is 12.2 Å². The molecule has 0 aliphatic heterocycles. The second-order valence-corrected chi connectivity index (χ2v) is 2.04. The molecule has 1 nitrogen and oxygen atoms in total. The van der Waals surface area contributed by atoms with Gasteiger partial charge in [0.1, 0.15) is 5.94 Å². The third-order valence-electron chi connectivity index (χ3n) is 0.997. The van der Waals surface area contributed by atoms with Crippen LogP contribution in [0.3, 0.4) is 0 Å². The average Bonchev–Trinajstić information content (AvgIpc) is 1.89. The summed E-state index contributed by atoms with van der Waals surface area (Å²) in [5, 5.41) is 0. The fraction of sp³-hybridized carbons (Fsp3) is 0. The molecule has 0 bridgehead atoms. The molecule has 0 aromatic heterocycles. The van der Waals surface area contributed by atoms with Gasteiger partial charge in [0.15, 0.2) is 0 Å². The second kappa shape index (κ2) is 2.53. The Labute approximate surface area is 58.4 Å². The van der Waals surface area contributed by atoms with Crippen molar-refractivity contribution in [2.24, 2.45) is 0 Å². The molecule has 1 rings (SSSR count). The third kappa shape index (κ3) is 1.22. The van der Waals surface area contributed by atoms with E-state index in [2.05, 4.69) is 0 Å². The van der Waals surface area contributed by atoms with E-state index in [-0.39, 0.29) is 0 Å². The molecule has 0 heterocycles. The third-order valence-corrected chi connectivity index (χ3v) is 1.35. The standard InChI is InChI=1S/C7H4OS/c8-5-6-3-1-2-4-7(6)9/h1-4H. The van der Waals surface area contributed by atoms with Crippen LogP contribution in [0.25, 0.3) is 0 Å². The second-order valence-electron chi connectivity index (χ2n) is 1.60. The zero-order valence-electron chi connectivity index (χ0n) is 4.63. The molecule has 0 atom stereocenters. The minimum Gasteiger partial charge on any atom is -0.233 e. The predicted molar refractivity (Wildman–Crippen MR) is 40.1 cm³/mol. The Morgan fingerprint density at radius 2 is 2.00 bits per heavy atom. The van der Waals surface area contributed by atoms with Crippen molar-refractivity contribution >= 4 is 23.0 Å². The SMILES string of the molecule is O=C=C1C=CC=CC1=S. The molecule has 44 valence electrons. The van der Waals surface area contributed by atoms with E-state index >= 15 is 0 Å². The highest BCUT2D eigenvalue weighted by atomic mass is 32.1. The molecule has 0 saturated carbocycles. The van der Waals surface area contributed by atoms with Crippen LogP contribution in [0.5, 0.6) is 0 Å². The quantitative estimate of drug-likeness (QED) is 0.283. The van der Waals surface area contributed by atoms with Crippen LogP contribution < -0.4 is 0 Å². The molecule has 0 fully saturated rings. The maximum atomic E-state index is 10.0. The molecule has 0 radical (unpaired) electrons. The Morgan fingerprint density at radius 1 is 1.33 bits per heavy atom. The lowest BCUT2D eigenvalue weighted by molar-refractivity contribution is 0.568. The van der Waals surface area contributed by atoms with Crippen molar-refractivity contribution in [2.75, 3.05) is 0 Å². The Balaban J connectivity index is 3.04. The predicted octanol–water partition coefficient (Wildman–Crippen LogP) is 1.24. The van der Waals surface area contributed by atoms with Gasteiger partial charge in [-0.25, -0.2) is 4.79 Å². The van der Waals surface area contributed by atoms with Crippen LogP contribution in [-0.2, 0) is 4.79 Å². The van der Waals surface area contributed by atoms with Crippen molar-refractivity contribution < 1.29 is 4.79 Å². The van der Waals surface area contributed by atoms with Gasteiger partial charge in [0.2, 0.25) is 0 Å². The van der Waals surface area contributed by atoms with Crippen molar-refractivity contribution in [3.63, 3.8) is 0 Å². The van der Waals surface area contributed by atoms with Gasteiger partial charge in [0.25, 0.3) is 0 Å². The zero-order valence-corrected chi connectivity index (χ0v) is 5.44. The maximum absolute atomic E-state index is 10.0. The number of carbonyl (C=O) groups excluding carboxylic acids is 1. The van der Waals surface area contributed by atoms with Crippen molar-refractivity contribution in [3.8, 4) is 0 Å². The average molecular weight is 136 g/mol. The summed E-state index contributed by atoms with van der Waals surface area (Å²) in [4.78, 5) is 10.6. The van der Waals surface area contributed by atoms with Crippen LogP contribution in [0.4, 0.5) is 0 Å². The van der Waals surface area contributed by atoms with Gasteiger partial charge in [-0.1, -0.05) is 24.4 Å². The summed E-state index contributed by atoms with van der Waals surface area (Å²) in [5.74, 6) is 1.74. The lowest BCUT2D eigenvalue weighted by Crippen LogP contribution is -1.95. The van der Waals surface area contributed by atoms with E-state index in [0.717, 1.165) is 0 Å². The summed E-state index contributed by atoms with van der Waals surface area (Å²) in [6, 6.07) is 0. The van der Waals surface area contributed by atoms with Crippen LogP contribution >= 0.6 is 12.2 Å². The zero-order chi connectivity index (χ0) is 6.69. The molecule has 0 unspecified atom stereocenters. The molecule has 0 aromatic rings. The van der Waals surface area contributed by atoms with Gasteiger partial charge in [-0.15, -0.1) is 0 Å². The Kier molecular flexibility index (Phi) is 1.73. The molecular formula is C7H4OS. The van der Waals surface area contributed by atoms with E-state index in [0.29, 0.717) is 10.4 Å². The Morgan fingerprint density at radius 3 is 2.44 bits per heavy atom. The molecule has 1 aliphatic carbocycles. The summed E-state index contributed by atoms with van der Waals surface area (Å²) in [5.41, 5.74) is 0.465. The van der Waals surface area contributed by atoms with Crippen molar-refractivity contribution in [1.29, 1.82) is 0 Å². The fourth-order valence-electron chi connectivity index (χ4n) is 0.551. The molecule has 0 amide bonds. The number of hydrogen-bond donors (Lipinski definition) is 0. The monoisotopic (exact) mass is 136 g/mol. The van der Waals surface area contributed by atoms with Crippen LogP contribution in [0, 0.1) is 0 Å². The van der Waals surface area contributed by atoms with Gasteiger partial charge in [-0.2, -0.15) is 0 Å². The number of rotatable bonds is 0. The smallest absolute Gasteiger partial charge is 0.133 e. The van der Waals surface area contributed by atoms with Gasteiger partial charge in [-0.05, 0) is 12.2 Å². The van der Waals surface area contributed by atoms with Crippen molar-refractivity contribution in [3.05, 3.63) is 29.9 Å². The number of allylic oxidation sites excluding steroid dienone is 5.